The fourth-order valence-corrected chi connectivity index (χ4v) is 4.43. The highest BCUT2D eigenvalue weighted by atomic mass is 79.9. The molecule has 0 spiro atoms. The minimum absolute atomic E-state index is 0.301. The molecule has 1 aliphatic carbocycles. The molecule has 1 fully saturated rings. The van der Waals surface area contributed by atoms with Gasteiger partial charge in [-0.2, -0.15) is 0 Å². The maximum Gasteiger partial charge on any atom is 0.162 e. The summed E-state index contributed by atoms with van der Waals surface area (Å²) < 4.78 is 11.4. The van der Waals surface area contributed by atoms with Crippen molar-refractivity contribution in [2.24, 2.45) is 5.92 Å². The third kappa shape index (κ3) is 3.25. The number of fused-ring (bicyclic) bond motifs is 1. The standard InChI is InChI=1S/C16H20BrClO2/c17-13(8-11-4-1-2-5-11)12-9-15-16(10-14(12)18)20-7-3-6-19-15/h9-11,13H,1-8H2. The number of ether oxygens (including phenoxy) is 2. The molecule has 1 saturated carbocycles. The summed E-state index contributed by atoms with van der Waals surface area (Å²) in [5.41, 5.74) is 1.13. The number of benzene rings is 1. The van der Waals surface area contributed by atoms with Crippen molar-refractivity contribution in [2.75, 3.05) is 13.2 Å². The van der Waals surface area contributed by atoms with Gasteiger partial charge in [-0.05, 0) is 24.0 Å². The third-order valence-corrected chi connectivity index (χ3v) is 5.41. The number of hydrogen-bond donors (Lipinski definition) is 0. The van der Waals surface area contributed by atoms with E-state index in [-0.39, 0.29) is 0 Å². The molecule has 0 amide bonds. The first-order valence-electron chi connectivity index (χ1n) is 7.47. The van der Waals surface area contributed by atoms with Gasteiger partial charge in [-0.1, -0.05) is 53.2 Å². The molecule has 110 valence electrons. The fourth-order valence-electron chi connectivity index (χ4n) is 3.11. The van der Waals surface area contributed by atoms with Crippen molar-refractivity contribution in [1.82, 2.24) is 0 Å². The molecule has 1 atom stereocenters. The minimum atomic E-state index is 0.301. The van der Waals surface area contributed by atoms with Gasteiger partial charge in [0.1, 0.15) is 0 Å². The van der Waals surface area contributed by atoms with E-state index in [0.717, 1.165) is 40.8 Å². The molecule has 1 heterocycles. The Labute approximate surface area is 133 Å². The van der Waals surface area contributed by atoms with E-state index in [9.17, 15) is 0 Å². The van der Waals surface area contributed by atoms with Crippen molar-refractivity contribution >= 4 is 27.5 Å². The Kier molecular flexibility index (Phi) is 4.77. The lowest BCUT2D eigenvalue weighted by Gasteiger charge is -2.18. The molecule has 20 heavy (non-hydrogen) atoms. The van der Waals surface area contributed by atoms with Crippen molar-refractivity contribution < 1.29 is 9.47 Å². The maximum absolute atomic E-state index is 6.43. The molecule has 1 aromatic carbocycles. The van der Waals surface area contributed by atoms with Crippen molar-refractivity contribution in [3.8, 4) is 11.5 Å². The van der Waals surface area contributed by atoms with E-state index >= 15 is 0 Å². The van der Waals surface area contributed by atoms with Gasteiger partial charge in [0.15, 0.2) is 11.5 Å². The molecule has 1 aromatic rings. The van der Waals surface area contributed by atoms with Crippen LogP contribution in [0.1, 0.15) is 48.9 Å². The van der Waals surface area contributed by atoms with Gasteiger partial charge in [-0.25, -0.2) is 0 Å². The summed E-state index contributed by atoms with van der Waals surface area (Å²) in [4.78, 5) is 0.301. The summed E-state index contributed by atoms with van der Waals surface area (Å²) in [6, 6.07) is 3.96. The van der Waals surface area contributed by atoms with Crippen LogP contribution in [0.25, 0.3) is 0 Å². The van der Waals surface area contributed by atoms with Gasteiger partial charge in [0.2, 0.25) is 0 Å². The first kappa shape index (κ1) is 14.5. The van der Waals surface area contributed by atoms with Crippen molar-refractivity contribution in [2.45, 2.75) is 43.4 Å². The molecule has 0 aromatic heterocycles. The van der Waals surface area contributed by atoms with Crippen LogP contribution in [-0.4, -0.2) is 13.2 Å². The number of hydrogen-bond acceptors (Lipinski definition) is 2. The van der Waals surface area contributed by atoms with Crippen LogP contribution in [0, 0.1) is 5.92 Å². The summed E-state index contributed by atoms with van der Waals surface area (Å²) in [6.45, 7) is 1.41. The van der Waals surface area contributed by atoms with E-state index in [1.54, 1.807) is 0 Å². The van der Waals surface area contributed by atoms with E-state index in [2.05, 4.69) is 22.0 Å². The predicted molar refractivity (Wildman–Crippen MR) is 85.3 cm³/mol. The van der Waals surface area contributed by atoms with Gasteiger partial charge in [0, 0.05) is 22.3 Å². The van der Waals surface area contributed by atoms with Crippen molar-refractivity contribution in [3.63, 3.8) is 0 Å². The Balaban J connectivity index is 1.79. The normalized spacial score (nSPS) is 20.7. The Hall–Kier alpha value is -0.410. The quantitative estimate of drug-likeness (QED) is 0.662. The molecule has 1 unspecified atom stereocenters. The lowest BCUT2D eigenvalue weighted by atomic mass is 9.98. The topological polar surface area (TPSA) is 18.5 Å². The van der Waals surface area contributed by atoms with Crippen LogP contribution in [0.3, 0.4) is 0 Å². The molecule has 0 bridgehead atoms. The van der Waals surface area contributed by atoms with Crippen LogP contribution < -0.4 is 9.47 Å². The van der Waals surface area contributed by atoms with Gasteiger partial charge in [-0.15, -0.1) is 0 Å². The van der Waals surface area contributed by atoms with Crippen LogP contribution in [0.5, 0.6) is 11.5 Å². The Morgan fingerprint density at radius 1 is 1.10 bits per heavy atom. The lowest BCUT2D eigenvalue weighted by Crippen LogP contribution is -2.01. The fraction of sp³-hybridized carbons (Fsp3) is 0.625. The zero-order chi connectivity index (χ0) is 13.9. The first-order valence-corrected chi connectivity index (χ1v) is 8.76. The molecular formula is C16H20BrClO2. The van der Waals surface area contributed by atoms with Crippen LogP contribution >= 0.6 is 27.5 Å². The summed E-state index contributed by atoms with van der Waals surface area (Å²) in [5, 5.41) is 0.772. The smallest absolute Gasteiger partial charge is 0.162 e. The molecule has 2 nitrogen and oxygen atoms in total. The molecule has 4 heteroatoms. The molecule has 0 N–H and O–H groups in total. The summed E-state index contributed by atoms with van der Waals surface area (Å²) in [6.07, 6.45) is 7.52. The zero-order valence-corrected chi connectivity index (χ0v) is 13.9. The summed E-state index contributed by atoms with van der Waals surface area (Å²) >= 11 is 10.2. The highest BCUT2D eigenvalue weighted by molar-refractivity contribution is 9.09. The highest BCUT2D eigenvalue weighted by Gasteiger charge is 2.23. The Morgan fingerprint density at radius 3 is 2.45 bits per heavy atom. The van der Waals surface area contributed by atoms with E-state index in [0.29, 0.717) is 18.0 Å². The highest BCUT2D eigenvalue weighted by Crippen LogP contribution is 2.43. The van der Waals surface area contributed by atoms with Gasteiger partial charge >= 0.3 is 0 Å². The number of rotatable bonds is 3. The van der Waals surface area contributed by atoms with E-state index in [4.69, 9.17) is 21.1 Å². The maximum atomic E-state index is 6.43. The molecule has 2 aliphatic rings. The van der Waals surface area contributed by atoms with Crippen molar-refractivity contribution in [3.05, 3.63) is 22.7 Å². The number of alkyl halides is 1. The molecule has 1 aliphatic heterocycles. The van der Waals surface area contributed by atoms with Gasteiger partial charge in [0.05, 0.1) is 13.2 Å². The van der Waals surface area contributed by atoms with E-state index < -0.39 is 0 Å². The largest absolute Gasteiger partial charge is 0.490 e. The van der Waals surface area contributed by atoms with Crippen LogP contribution in [0.2, 0.25) is 5.02 Å². The second-order valence-corrected chi connectivity index (χ2v) is 7.24. The molecule has 3 rings (SSSR count). The van der Waals surface area contributed by atoms with E-state index in [1.165, 1.54) is 25.7 Å². The second kappa shape index (κ2) is 6.57. The minimum Gasteiger partial charge on any atom is -0.490 e. The first-order chi connectivity index (χ1) is 9.74. The SMILES string of the molecule is Clc1cc2c(cc1C(Br)CC1CCCC1)OCCCO2. The van der Waals surface area contributed by atoms with E-state index in [1.807, 2.05) is 6.07 Å². The summed E-state index contributed by atoms with van der Waals surface area (Å²) in [5.74, 6) is 2.43. The molecule has 0 radical (unpaired) electrons. The lowest BCUT2D eigenvalue weighted by molar-refractivity contribution is 0.297. The summed E-state index contributed by atoms with van der Waals surface area (Å²) in [7, 11) is 0. The second-order valence-electron chi connectivity index (χ2n) is 5.72. The molecular weight excluding hydrogens is 340 g/mol. The van der Waals surface area contributed by atoms with Gasteiger partial charge in [0.25, 0.3) is 0 Å². The van der Waals surface area contributed by atoms with Crippen molar-refractivity contribution in [1.29, 1.82) is 0 Å². The van der Waals surface area contributed by atoms with Crippen LogP contribution in [0.15, 0.2) is 12.1 Å². The van der Waals surface area contributed by atoms with Gasteiger partial charge < -0.3 is 9.47 Å². The predicted octanol–water partition coefficient (Wildman–Crippen LogP) is 5.52. The molecule has 0 saturated heterocycles. The van der Waals surface area contributed by atoms with Crippen LogP contribution in [-0.2, 0) is 0 Å². The number of halogens is 2. The third-order valence-electron chi connectivity index (χ3n) is 4.22. The van der Waals surface area contributed by atoms with Crippen LogP contribution in [0.4, 0.5) is 0 Å². The zero-order valence-electron chi connectivity index (χ0n) is 11.5. The monoisotopic (exact) mass is 358 g/mol. The Bertz CT molecular complexity index is 472. The average Bonchev–Trinajstić information content (AvgIpc) is 2.82. The average molecular weight is 360 g/mol. The Morgan fingerprint density at radius 2 is 1.75 bits per heavy atom. The van der Waals surface area contributed by atoms with Gasteiger partial charge in [-0.3, -0.25) is 0 Å².